The molecule has 0 unspecified atom stereocenters. The number of alkyl carbamates (subject to hydrolysis) is 1. The molecule has 2 aromatic rings. The Labute approximate surface area is 190 Å². The highest BCUT2D eigenvalue weighted by molar-refractivity contribution is 5.67. The molecule has 7 nitrogen and oxygen atoms in total. The summed E-state index contributed by atoms with van der Waals surface area (Å²) in [6.07, 6.45) is -3.66. The molecule has 0 radical (unpaired) electrons. The fourth-order valence-electron chi connectivity index (χ4n) is 2.84. The molecule has 0 aliphatic rings. The van der Waals surface area contributed by atoms with Crippen LogP contribution in [-0.4, -0.2) is 36.4 Å². The molecule has 10 heteroatoms. The molecular weight excluding hydrogens is 441 g/mol. The average Bonchev–Trinajstić information content (AvgIpc) is 2.70. The Balaban J connectivity index is 0.00000125. The molecule has 0 aliphatic heterocycles. The number of rotatable bonds is 6. The zero-order chi connectivity index (χ0) is 25.2. The van der Waals surface area contributed by atoms with Gasteiger partial charge in [0.15, 0.2) is 0 Å². The minimum absolute atomic E-state index is 0.129. The lowest BCUT2D eigenvalue weighted by atomic mass is 9.99. The van der Waals surface area contributed by atoms with Gasteiger partial charge in [0.2, 0.25) is 0 Å². The van der Waals surface area contributed by atoms with Crippen molar-refractivity contribution in [1.82, 2.24) is 9.88 Å². The first-order valence-corrected chi connectivity index (χ1v) is 10.0. The molecule has 0 saturated heterocycles. The number of hydrogen-bond donors (Lipinski definition) is 1. The van der Waals surface area contributed by atoms with Crippen molar-refractivity contribution in [1.29, 1.82) is 0 Å². The maximum Gasteiger partial charge on any atom is 0.416 e. The quantitative estimate of drug-likeness (QED) is 0.648. The maximum atomic E-state index is 13.3. The molecule has 0 saturated carbocycles. The SMILES string of the molecule is COC=O.Cn1ccc(C(F)(F)F)c(Cc2cccc(CCNC(=O)OC(C)(C)C)c2)c1=O. The van der Waals surface area contributed by atoms with E-state index in [4.69, 9.17) is 9.53 Å². The average molecular weight is 470 g/mol. The number of amides is 1. The van der Waals surface area contributed by atoms with E-state index < -0.39 is 29.0 Å². The molecule has 1 aromatic carbocycles. The van der Waals surface area contributed by atoms with Crippen molar-refractivity contribution in [2.45, 2.75) is 45.4 Å². The molecule has 0 bridgehead atoms. The fourth-order valence-corrected chi connectivity index (χ4v) is 2.84. The van der Waals surface area contributed by atoms with E-state index in [-0.39, 0.29) is 12.0 Å². The largest absolute Gasteiger partial charge is 0.471 e. The normalized spacial score (nSPS) is 11.2. The van der Waals surface area contributed by atoms with Crippen LogP contribution in [-0.2, 0) is 40.3 Å². The number of nitrogens with one attached hydrogen (secondary N) is 1. The third kappa shape index (κ3) is 9.80. The fraction of sp³-hybridized carbons (Fsp3) is 0.435. The van der Waals surface area contributed by atoms with Crippen LogP contribution in [0.4, 0.5) is 18.0 Å². The zero-order valence-electron chi connectivity index (χ0n) is 19.3. The highest BCUT2D eigenvalue weighted by atomic mass is 19.4. The standard InChI is InChI=1S/C21H25F3N2O3.C2H4O2/c1-20(2,3)29-19(28)25-10-8-14-6-5-7-15(12-14)13-16-17(21(22,23)24)9-11-26(4)18(16)27;1-4-2-3/h5-7,9,11-12H,8,10,13H2,1-4H3,(H,25,28);2H,1H3. The van der Waals surface area contributed by atoms with Crippen LogP contribution in [0.1, 0.15) is 43.0 Å². The number of benzene rings is 1. The first-order valence-electron chi connectivity index (χ1n) is 10.0. The number of nitrogens with zero attached hydrogens (tertiary/aromatic N) is 1. The number of pyridine rings is 1. The predicted octanol–water partition coefficient (Wildman–Crippen LogP) is 3.85. The second kappa shape index (κ2) is 12.1. The molecule has 1 N–H and O–H groups in total. The van der Waals surface area contributed by atoms with Crippen LogP contribution in [0, 0.1) is 0 Å². The van der Waals surface area contributed by atoms with Gasteiger partial charge in [-0.2, -0.15) is 13.2 Å². The molecular formula is C23H29F3N2O5. The van der Waals surface area contributed by atoms with Gasteiger partial charge in [0, 0.05) is 31.8 Å². The summed E-state index contributed by atoms with van der Waals surface area (Å²) in [5.41, 5.74) is -1.04. The van der Waals surface area contributed by atoms with Crippen molar-refractivity contribution in [2.24, 2.45) is 7.05 Å². The molecule has 2 rings (SSSR count). The van der Waals surface area contributed by atoms with Gasteiger partial charge in [0.05, 0.1) is 12.7 Å². The monoisotopic (exact) mass is 470 g/mol. The van der Waals surface area contributed by atoms with Gasteiger partial charge in [-0.25, -0.2) is 4.79 Å². The molecule has 1 amide bonds. The summed E-state index contributed by atoms with van der Waals surface area (Å²) in [4.78, 5) is 32.9. The Hall–Kier alpha value is -3.30. The van der Waals surface area contributed by atoms with E-state index in [1.54, 1.807) is 39.0 Å². The van der Waals surface area contributed by atoms with Crippen LogP contribution < -0.4 is 10.9 Å². The van der Waals surface area contributed by atoms with Crippen molar-refractivity contribution >= 4 is 12.6 Å². The van der Waals surface area contributed by atoms with E-state index in [0.29, 0.717) is 25.0 Å². The van der Waals surface area contributed by atoms with E-state index in [0.717, 1.165) is 22.4 Å². The third-order valence-electron chi connectivity index (χ3n) is 4.22. The molecule has 0 fully saturated rings. The second-order valence-electron chi connectivity index (χ2n) is 8.13. The van der Waals surface area contributed by atoms with Crippen molar-refractivity contribution in [3.8, 4) is 0 Å². The van der Waals surface area contributed by atoms with Gasteiger partial charge in [-0.05, 0) is 44.4 Å². The molecule has 0 spiro atoms. The van der Waals surface area contributed by atoms with Crippen LogP contribution >= 0.6 is 0 Å². The summed E-state index contributed by atoms with van der Waals surface area (Å²) in [5, 5.41) is 2.64. The van der Waals surface area contributed by atoms with E-state index in [2.05, 4.69) is 10.1 Å². The van der Waals surface area contributed by atoms with E-state index in [1.165, 1.54) is 14.2 Å². The van der Waals surface area contributed by atoms with E-state index in [9.17, 15) is 22.8 Å². The van der Waals surface area contributed by atoms with Crippen molar-refractivity contribution in [3.05, 3.63) is 69.1 Å². The molecule has 182 valence electrons. The Bertz CT molecular complexity index is 995. The number of aromatic nitrogens is 1. The van der Waals surface area contributed by atoms with Gasteiger partial charge in [-0.15, -0.1) is 0 Å². The van der Waals surface area contributed by atoms with Gasteiger partial charge >= 0.3 is 12.3 Å². The van der Waals surface area contributed by atoms with Crippen LogP contribution in [0.2, 0.25) is 0 Å². The second-order valence-corrected chi connectivity index (χ2v) is 8.13. The minimum atomic E-state index is -4.60. The number of halogens is 3. The lowest BCUT2D eigenvalue weighted by molar-refractivity contribution is -0.138. The smallest absolute Gasteiger partial charge is 0.416 e. The van der Waals surface area contributed by atoms with Gasteiger partial charge in [-0.1, -0.05) is 24.3 Å². The number of hydrogen-bond acceptors (Lipinski definition) is 5. The number of methoxy groups -OCH3 is 1. The maximum absolute atomic E-state index is 13.3. The highest BCUT2D eigenvalue weighted by Gasteiger charge is 2.34. The van der Waals surface area contributed by atoms with Gasteiger partial charge in [-0.3, -0.25) is 9.59 Å². The minimum Gasteiger partial charge on any atom is -0.471 e. The molecule has 1 heterocycles. The predicted molar refractivity (Wildman–Crippen MR) is 117 cm³/mol. The summed E-state index contributed by atoms with van der Waals surface area (Å²) in [7, 11) is 2.73. The summed E-state index contributed by atoms with van der Waals surface area (Å²) >= 11 is 0. The first-order chi connectivity index (χ1) is 15.3. The number of carbonyl (C=O) groups is 2. The van der Waals surface area contributed by atoms with Gasteiger partial charge < -0.3 is 19.4 Å². The van der Waals surface area contributed by atoms with Gasteiger partial charge in [0.25, 0.3) is 12.0 Å². The highest BCUT2D eigenvalue weighted by Crippen LogP contribution is 2.31. The molecule has 0 atom stereocenters. The number of ether oxygens (including phenoxy) is 2. The Morgan fingerprint density at radius 3 is 2.30 bits per heavy atom. The van der Waals surface area contributed by atoms with Crippen LogP contribution in [0.15, 0.2) is 41.3 Å². The van der Waals surface area contributed by atoms with E-state index in [1.807, 2.05) is 6.07 Å². The number of carbonyl (C=O) groups excluding carboxylic acids is 2. The molecule has 33 heavy (non-hydrogen) atoms. The Morgan fingerprint density at radius 2 is 1.76 bits per heavy atom. The summed E-state index contributed by atoms with van der Waals surface area (Å²) in [6.45, 7) is 5.98. The van der Waals surface area contributed by atoms with Crippen LogP contribution in [0.3, 0.4) is 0 Å². The number of aryl methyl sites for hydroxylation is 1. The van der Waals surface area contributed by atoms with Gasteiger partial charge in [0.1, 0.15) is 5.60 Å². The zero-order valence-corrected chi connectivity index (χ0v) is 19.3. The molecule has 1 aromatic heterocycles. The Kier molecular flexibility index (Phi) is 10.2. The van der Waals surface area contributed by atoms with Crippen LogP contribution in [0.25, 0.3) is 0 Å². The van der Waals surface area contributed by atoms with Crippen molar-refractivity contribution < 1.29 is 32.2 Å². The lowest BCUT2D eigenvalue weighted by Gasteiger charge is -2.19. The topological polar surface area (TPSA) is 86.6 Å². The molecule has 0 aliphatic carbocycles. The van der Waals surface area contributed by atoms with E-state index >= 15 is 0 Å². The van der Waals surface area contributed by atoms with Crippen LogP contribution in [0.5, 0.6) is 0 Å². The summed E-state index contributed by atoms with van der Waals surface area (Å²) in [6, 6.07) is 7.87. The Morgan fingerprint density at radius 1 is 1.15 bits per heavy atom. The lowest BCUT2D eigenvalue weighted by Crippen LogP contribution is -2.33. The van der Waals surface area contributed by atoms with Crippen molar-refractivity contribution in [2.75, 3.05) is 13.7 Å². The summed E-state index contributed by atoms with van der Waals surface area (Å²) < 4.78 is 50.1. The van der Waals surface area contributed by atoms with Crippen molar-refractivity contribution in [3.63, 3.8) is 0 Å². The first kappa shape index (κ1) is 27.7. The third-order valence-corrected chi connectivity index (χ3v) is 4.22. The number of alkyl halides is 3. The summed E-state index contributed by atoms with van der Waals surface area (Å²) in [5.74, 6) is 0.